The average Bonchev–Trinajstić information content (AvgIpc) is 2.08. The number of alkyl halides is 1. The molecule has 0 aromatic heterocycles. The average molecular weight is 200 g/mol. The molecule has 0 bridgehead atoms. The highest BCUT2D eigenvalue weighted by atomic mass is 35.5. The molecule has 4 heteroatoms. The highest BCUT2D eigenvalue weighted by Crippen LogP contribution is 2.24. The topological polar surface area (TPSA) is 43.1 Å². The van der Waals surface area contributed by atoms with Crippen LogP contribution in [-0.4, -0.2) is 4.92 Å². The number of nitro groups is 1. The van der Waals surface area contributed by atoms with E-state index in [1.54, 1.807) is 12.1 Å². The third kappa shape index (κ3) is 1.98. The van der Waals surface area contributed by atoms with Crippen molar-refractivity contribution in [2.75, 3.05) is 0 Å². The van der Waals surface area contributed by atoms with Crippen molar-refractivity contribution >= 4 is 17.3 Å². The highest BCUT2D eigenvalue weighted by molar-refractivity contribution is 6.17. The predicted molar refractivity (Wildman–Crippen MR) is 52.1 cm³/mol. The second-order valence-corrected chi connectivity index (χ2v) is 3.22. The van der Waals surface area contributed by atoms with E-state index in [0.717, 1.165) is 11.1 Å². The smallest absolute Gasteiger partial charge is 0.258 e. The zero-order valence-electron chi connectivity index (χ0n) is 7.50. The van der Waals surface area contributed by atoms with Crippen molar-refractivity contribution in [3.05, 3.63) is 38.9 Å². The van der Waals surface area contributed by atoms with Crippen molar-refractivity contribution < 1.29 is 4.92 Å². The van der Waals surface area contributed by atoms with Crippen LogP contribution in [0.4, 0.5) is 5.69 Å². The maximum atomic E-state index is 10.6. The lowest BCUT2D eigenvalue weighted by Gasteiger charge is -2.03. The lowest BCUT2D eigenvalue weighted by atomic mass is 10.1. The molecule has 0 radical (unpaired) electrons. The van der Waals surface area contributed by atoms with E-state index in [1.807, 2.05) is 13.8 Å². The molecule has 0 saturated carbocycles. The fourth-order valence-electron chi connectivity index (χ4n) is 1.14. The summed E-state index contributed by atoms with van der Waals surface area (Å²) < 4.78 is 0. The van der Waals surface area contributed by atoms with E-state index in [-0.39, 0.29) is 11.6 Å². The molecular formula is C9H10ClNO2. The maximum Gasteiger partial charge on any atom is 0.274 e. The van der Waals surface area contributed by atoms with Gasteiger partial charge in [0.05, 0.1) is 10.8 Å². The van der Waals surface area contributed by atoms with Gasteiger partial charge in [0.25, 0.3) is 5.69 Å². The van der Waals surface area contributed by atoms with Crippen molar-refractivity contribution in [3.63, 3.8) is 0 Å². The van der Waals surface area contributed by atoms with Crippen LogP contribution in [-0.2, 0) is 5.88 Å². The maximum absolute atomic E-state index is 10.6. The Morgan fingerprint density at radius 1 is 1.38 bits per heavy atom. The van der Waals surface area contributed by atoms with Crippen LogP contribution < -0.4 is 0 Å². The lowest BCUT2D eigenvalue weighted by molar-refractivity contribution is -0.385. The summed E-state index contributed by atoms with van der Waals surface area (Å²) in [5, 5.41) is 10.6. The SMILES string of the molecule is Cc1cc(CCl)c([N+](=O)[O-])cc1C. The van der Waals surface area contributed by atoms with Gasteiger partial charge in [-0.1, -0.05) is 0 Å². The van der Waals surface area contributed by atoms with Gasteiger partial charge in [0.2, 0.25) is 0 Å². The number of nitrogens with zero attached hydrogens (tertiary/aromatic N) is 1. The van der Waals surface area contributed by atoms with E-state index in [4.69, 9.17) is 11.6 Å². The predicted octanol–water partition coefficient (Wildman–Crippen LogP) is 2.95. The van der Waals surface area contributed by atoms with E-state index in [1.165, 1.54) is 0 Å². The quantitative estimate of drug-likeness (QED) is 0.418. The number of hydrogen-bond donors (Lipinski definition) is 0. The number of aryl methyl sites for hydroxylation is 2. The Balaban J connectivity index is 3.33. The lowest BCUT2D eigenvalue weighted by Crippen LogP contribution is -1.95. The van der Waals surface area contributed by atoms with Gasteiger partial charge >= 0.3 is 0 Å². The van der Waals surface area contributed by atoms with Gasteiger partial charge in [-0.3, -0.25) is 10.1 Å². The van der Waals surface area contributed by atoms with Gasteiger partial charge in [-0.05, 0) is 31.0 Å². The van der Waals surface area contributed by atoms with Gasteiger partial charge < -0.3 is 0 Å². The molecule has 0 unspecified atom stereocenters. The zero-order chi connectivity index (χ0) is 10.0. The monoisotopic (exact) mass is 199 g/mol. The van der Waals surface area contributed by atoms with Gasteiger partial charge in [0, 0.05) is 11.6 Å². The van der Waals surface area contributed by atoms with E-state index < -0.39 is 4.92 Å². The van der Waals surface area contributed by atoms with Crippen LogP contribution in [0.25, 0.3) is 0 Å². The summed E-state index contributed by atoms with van der Waals surface area (Å²) >= 11 is 5.60. The van der Waals surface area contributed by atoms with E-state index in [9.17, 15) is 10.1 Å². The summed E-state index contributed by atoms with van der Waals surface area (Å²) in [5.74, 6) is 0.178. The molecule has 0 aliphatic rings. The van der Waals surface area contributed by atoms with Gasteiger partial charge in [0.1, 0.15) is 0 Å². The van der Waals surface area contributed by atoms with Crippen LogP contribution in [0.2, 0.25) is 0 Å². The molecule has 1 aromatic rings. The standard InChI is InChI=1S/C9H10ClNO2/c1-6-3-8(5-10)9(11(12)13)4-7(6)2/h3-4H,5H2,1-2H3. The highest BCUT2D eigenvalue weighted by Gasteiger charge is 2.13. The normalized spacial score (nSPS) is 10.1. The Labute approximate surface area is 81.5 Å². The van der Waals surface area contributed by atoms with Gasteiger partial charge in [0.15, 0.2) is 0 Å². The van der Waals surface area contributed by atoms with Crippen molar-refractivity contribution in [1.29, 1.82) is 0 Å². The van der Waals surface area contributed by atoms with Crippen molar-refractivity contribution in [2.45, 2.75) is 19.7 Å². The molecule has 0 aliphatic carbocycles. The fraction of sp³-hybridized carbons (Fsp3) is 0.333. The Hall–Kier alpha value is -1.09. The summed E-state index contributed by atoms with van der Waals surface area (Å²) in [4.78, 5) is 10.2. The summed E-state index contributed by atoms with van der Waals surface area (Å²) in [6, 6.07) is 3.33. The molecular weight excluding hydrogens is 190 g/mol. The molecule has 13 heavy (non-hydrogen) atoms. The third-order valence-electron chi connectivity index (χ3n) is 2.04. The summed E-state index contributed by atoms with van der Waals surface area (Å²) in [6.07, 6.45) is 0. The number of rotatable bonds is 2. The van der Waals surface area contributed by atoms with Crippen molar-refractivity contribution in [1.82, 2.24) is 0 Å². The van der Waals surface area contributed by atoms with Crippen molar-refractivity contribution in [2.24, 2.45) is 0 Å². The largest absolute Gasteiger partial charge is 0.274 e. The molecule has 0 N–H and O–H groups in total. The zero-order valence-corrected chi connectivity index (χ0v) is 8.26. The van der Waals surface area contributed by atoms with E-state index in [0.29, 0.717) is 5.56 Å². The summed E-state index contributed by atoms with van der Waals surface area (Å²) in [6.45, 7) is 3.76. The molecule has 0 atom stereocenters. The van der Waals surface area contributed by atoms with Gasteiger partial charge in [-0.2, -0.15) is 0 Å². The van der Waals surface area contributed by atoms with E-state index in [2.05, 4.69) is 0 Å². The van der Waals surface area contributed by atoms with Gasteiger partial charge in [-0.25, -0.2) is 0 Å². The van der Waals surface area contributed by atoms with Crippen molar-refractivity contribution in [3.8, 4) is 0 Å². The summed E-state index contributed by atoms with van der Waals surface area (Å²) in [7, 11) is 0. The fourth-order valence-corrected chi connectivity index (χ4v) is 1.35. The van der Waals surface area contributed by atoms with Crippen LogP contribution in [0.1, 0.15) is 16.7 Å². The Bertz CT molecular complexity index is 350. The van der Waals surface area contributed by atoms with Gasteiger partial charge in [-0.15, -0.1) is 11.6 Å². The van der Waals surface area contributed by atoms with Crippen LogP contribution >= 0.6 is 11.6 Å². The molecule has 0 fully saturated rings. The second-order valence-electron chi connectivity index (χ2n) is 2.96. The second kappa shape index (κ2) is 3.75. The third-order valence-corrected chi connectivity index (χ3v) is 2.32. The van der Waals surface area contributed by atoms with Crippen LogP contribution in [0.5, 0.6) is 0 Å². The minimum atomic E-state index is -0.399. The van der Waals surface area contributed by atoms with E-state index >= 15 is 0 Å². The minimum Gasteiger partial charge on any atom is -0.258 e. The van der Waals surface area contributed by atoms with Crippen LogP contribution in [0.3, 0.4) is 0 Å². The molecule has 3 nitrogen and oxygen atoms in total. The van der Waals surface area contributed by atoms with Crippen LogP contribution in [0.15, 0.2) is 12.1 Å². The molecule has 0 heterocycles. The summed E-state index contributed by atoms with van der Waals surface area (Å²) in [5.41, 5.74) is 2.63. The molecule has 70 valence electrons. The number of benzene rings is 1. The number of halogens is 1. The van der Waals surface area contributed by atoms with Crippen LogP contribution in [0, 0.1) is 24.0 Å². The number of nitro benzene ring substituents is 1. The Kier molecular flexibility index (Phi) is 2.88. The first-order chi connectivity index (χ1) is 6.06. The molecule has 1 aromatic carbocycles. The minimum absolute atomic E-state index is 0.109. The molecule has 1 rings (SSSR count). The number of hydrogen-bond acceptors (Lipinski definition) is 2. The Morgan fingerprint density at radius 3 is 2.38 bits per heavy atom. The molecule has 0 amide bonds. The first-order valence-electron chi connectivity index (χ1n) is 3.86. The first-order valence-corrected chi connectivity index (χ1v) is 4.40. The first kappa shape index (κ1) is 9.99. The Morgan fingerprint density at radius 2 is 1.92 bits per heavy atom. The molecule has 0 aliphatic heterocycles. The molecule has 0 saturated heterocycles. The molecule has 0 spiro atoms.